The van der Waals surface area contributed by atoms with Crippen molar-refractivity contribution >= 4 is 35.0 Å². The van der Waals surface area contributed by atoms with Crippen LogP contribution in [0.15, 0.2) is 0 Å². The van der Waals surface area contributed by atoms with Crippen molar-refractivity contribution in [3.8, 4) is 0 Å². The molecule has 0 saturated carbocycles. The lowest BCUT2D eigenvalue weighted by Crippen LogP contribution is -2.77. The Kier molecular flexibility index (Phi) is 5.21. The van der Waals surface area contributed by atoms with Crippen LogP contribution >= 0.6 is 0 Å². The molecular formula is C20H24N8O4+2. The van der Waals surface area contributed by atoms with Gasteiger partial charge in [-0.05, 0) is 0 Å². The van der Waals surface area contributed by atoms with Crippen LogP contribution in [0.1, 0.15) is 70.2 Å². The number of ketones is 4. The molecule has 166 valence electrons. The first-order chi connectivity index (χ1) is 15.0. The third-order valence-electron chi connectivity index (χ3n) is 6.22. The molecule has 3 aliphatic heterocycles. The van der Waals surface area contributed by atoms with Gasteiger partial charge in [0.1, 0.15) is 39.3 Å². The monoisotopic (exact) mass is 440 g/mol. The molecule has 0 unspecified atom stereocenters. The second kappa shape index (κ2) is 7.64. The minimum Gasteiger partial charge on any atom is -0.291 e. The summed E-state index contributed by atoms with van der Waals surface area (Å²) in [6, 6.07) is 0. The van der Waals surface area contributed by atoms with Crippen LogP contribution in [0.25, 0.3) is 0 Å². The first-order valence-corrected chi connectivity index (χ1v) is 10.3. The van der Waals surface area contributed by atoms with Gasteiger partial charge in [-0.2, -0.15) is 19.9 Å². The van der Waals surface area contributed by atoms with Crippen molar-refractivity contribution in [3.05, 3.63) is 23.3 Å². The number of aromatic nitrogens is 6. The van der Waals surface area contributed by atoms with E-state index in [0.717, 1.165) is 0 Å². The Morgan fingerprint density at radius 2 is 0.688 bits per heavy atom. The SMILES string of the molecule is CC(=O)c1nc(C(C)=O)nc([N+]23CC[N+](c4nc(C(C)=O)nc(C(C)=O)n4)(CC2)CC3)n1. The minimum atomic E-state index is -0.327. The van der Waals surface area contributed by atoms with Gasteiger partial charge in [-0.15, -0.1) is 0 Å². The van der Waals surface area contributed by atoms with E-state index in [2.05, 4.69) is 29.9 Å². The summed E-state index contributed by atoms with van der Waals surface area (Å²) >= 11 is 0. The molecule has 2 aromatic rings. The zero-order chi connectivity index (χ0) is 23.3. The number of piperazine rings is 3. The molecule has 0 radical (unpaired) electrons. The van der Waals surface area contributed by atoms with E-state index < -0.39 is 0 Å². The van der Waals surface area contributed by atoms with E-state index in [-0.39, 0.29) is 46.4 Å². The highest BCUT2D eigenvalue weighted by Gasteiger charge is 2.55. The standard InChI is InChI=1S/C20H24N8O4/c1-11(29)15-21-16(12(2)30)24-19(23-15)27-5-8-28(9-6-27,10-7-27)20-25-17(13(3)31)22-18(26-20)14(4)32/h5-10H2,1-4H3/q+2. The quantitative estimate of drug-likeness (QED) is 0.451. The Hall–Kier alpha value is -3.38. The number of rotatable bonds is 6. The van der Waals surface area contributed by atoms with E-state index >= 15 is 0 Å². The smallest absolute Gasteiger partial charge is 0.291 e. The van der Waals surface area contributed by atoms with Crippen LogP contribution in [0.4, 0.5) is 11.9 Å². The maximum Gasteiger partial charge on any atom is 0.333 e. The summed E-state index contributed by atoms with van der Waals surface area (Å²) in [4.78, 5) is 73.2. The van der Waals surface area contributed by atoms with Crippen LogP contribution in [0.2, 0.25) is 0 Å². The van der Waals surface area contributed by atoms with Gasteiger partial charge in [0.05, 0.1) is 0 Å². The zero-order valence-corrected chi connectivity index (χ0v) is 18.5. The van der Waals surface area contributed by atoms with E-state index in [1.807, 2.05) is 0 Å². The molecule has 3 aliphatic rings. The first-order valence-electron chi connectivity index (χ1n) is 10.3. The lowest BCUT2D eigenvalue weighted by Gasteiger charge is -2.52. The Labute approximate surface area is 183 Å². The van der Waals surface area contributed by atoms with E-state index in [1.54, 1.807) is 0 Å². The Morgan fingerprint density at radius 1 is 0.469 bits per heavy atom. The molecule has 0 aliphatic carbocycles. The lowest BCUT2D eigenvalue weighted by molar-refractivity contribution is 0.0601. The number of hydrogen-bond donors (Lipinski definition) is 0. The number of carbonyl (C=O) groups excluding carboxylic acids is 4. The molecule has 12 nitrogen and oxygen atoms in total. The van der Waals surface area contributed by atoms with Crippen LogP contribution in [0, 0.1) is 0 Å². The summed E-state index contributed by atoms with van der Waals surface area (Å²) in [7, 11) is 0. The number of nitrogens with zero attached hydrogens (tertiary/aromatic N) is 8. The Morgan fingerprint density at radius 3 is 0.875 bits per heavy atom. The summed E-state index contributed by atoms with van der Waals surface area (Å²) in [6.07, 6.45) is 0. The minimum absolute atomic E-state index is 0.0146. The lowest BCUT2D eigenvalue weighted by atomic mass is 10.1. The molecule has 0 amide bonds. The van der Waals surface area contributed by atoms with Crippen LogP contribution in [0.3, 0.4) is 0 Å². The van der Waals surface area contributed by atoms with Crippen molar-refractivity contribution in [2.45, 2.75) is 27.7 Å². The predicted octanol–water partition coefficient (Wildman–Crippen LogP) is 0.209. The highest BCUT2D eigenvalue weighted by Crippen LogP contribution is 2.33. The van der Waals surface area contributed by atoms with Crippen molar-refractivity contribution in [1.29, 1.82) is 0 Å². The summed E-state index contributed by atoms with van der Waals surface area (Å²) in [5.74, 6) is -0.536. The molecule has 2 bridgehead atoms. The largest absolute Gasteiger partial charge is 0.333 e. The normalized spacial score (nSPS) is 24.2. The fraction of sp³-hybridized carbons (Fsp3) is 0.500. The van der Waals surface area contributed by atoms with Gasteiger partial charge in [0.15, 0.2) is 23.1 Å². The molecule has 0 aromatic carbocycles. The number of carbonyl (C=O) groups is 4. The van der Waals surface area contributed by atoms with Crippen LogP contribution in [-0.2, 0) is 0 Å². The third-order valence-corrected chi connectivity index (χ3v) is 6.22. The van der Waals surface area contributed by atoms with Gasteiger partial charge >= 0.3 is 11.9 Å². The number of hydrogen-bond acceptors (Lipinski definition) is 10. The average Bonchev–Trinajstić information content (AvgIpc) is 2.79. The molecule has 12 heteroatoms. The van der Waals surface area contributed by atoms with E-state index in [4.69, 9.17) is 0 Å². The van der Waals surface area contributed by atoms with Crippen molar-refractivity contribution in [2.24, 2.45) is 0 Å². The van der Waals surface area contributed by atoms with Gasteiger partial charge in [-0.25, -0.2) is 18.9 Å². The van der Waals surface area contributed by atoms with Crippen molar-refractivity contribution < 1.29 is 19.2 Å². The van der Waals surface area contributed by atoms with Crippen LogP contribution in [-0.4, -0.2) is 92.3 Å². The Balaban J connectivity index is 1.70. The van der Waals surface area contributed by atoms with Gasteiger partial charge in [0, 0.05) is 27.7 Å². The number of quaternary nitrogens is 2. The van der Waals surface area contributed by atoms with Gasteiger partial charge in [-0.3, -0.25) is 19.2 Å². The third kappa shape index (κ3) is 3.60. The van der Waals surface area contributed by atoms with Gasteiger partial charge in [0.2, 0.25) is 23.3 Å². The number of Topliss-reactive ketones (excluding diaryl/α,β-unsaturated/α-hetero) is 4. The van der Waals surface area contributed by atoms with Crippen LogP contribution in [0.5, 0.6) is 0 Å². The molecule has 0 atom stereocenters. The first kappa shape index (κ1) is 21.8. The molecule has 0 N–H and O–H groups in total. The highest BCUT2D eigenvalue weighted by atomic mass is 16.1. The second-order valence-electron chi connectivity index (χ2n) is 8.42. The summed E-state index contributed by atoms with van der Waals surface area (Å²) in [6.45, 7) is 9.16. The highest BCUT2D eigenvalue weighted by molar-refractivity contribution is 5.95. The predicted molar refractivity (Wildman–Crippen MR) is 112 cm³/mol. The average molecular weight is 440 g/mol. The summed E-state index contributed by atoms with van der Waals surface area (Å²) < 4.78 is 0.848. The maximum atomic E-state index is 11.9. The molecule has 2 aromatic heterocycles. The maximum absolute atomic E-state index is 11.9. The van der Waals surface area contributed by atoms with Crippen molar-refractivity contribution in [2.75, 3.05) is 39.3 Å². The van der Waals surface area contributed by atoms with Crippen LogP contribution < -0.4 is 8.97 Å². The van der Waals surface area contributed by atoms with Gasteiger partial charge in [-0.1, -0.05) is 0 Å². The molecule has 3 saturated heterocycles. The zero-order valence-electron chi connectivity index (χ0n) is 18.5. The molecule has 32 heavy (non-hydrogen) atoms. The molecule has 3 fully saturated rings. The van der Waals surface area contributed by atoms with Gasteiger partial charge in [0.25, 0.3) is 0 Å². The molecule has 5 heterocycles. The molecule has 0 spiro atoms. The second-order valence-corrected chi connectivity index (χ2v) is 8.42. The fourth-order valence-electron chi connectivity index (χ4n) is 4.20. The van der Waals surface area contributed by atoms with Crippen molar-refractivity contribution in [1.82, 2.24) is 38.9 Å². The van der Waals surface area contributed by atoms with E-state index in [9.17, 15) is 19.2 Å². The topological polar surface area (TPSA) is 146 Å². The van der Waals surface area contributed by atoms with Crippen molar-refractivity contribution in [3.63, 3.8) is 0 Å². The van der Waals surface area contributed by atoms with E-state index in [1.165, 1.54) is 27.7 Å². The summed E-state index contributed by atoms with van der Waals surface area (Å²) in [5, 5.41) is 0. The fourth-order valence-corrected chi connectivity index (χ4v) is 4.20. The Bertz CT molecular complexity index is 998. The molecule has 5 rings (SSSR count). The van der Waals surface area contributed by atoms with E-state index in [0.29, 0.717) is 60.1 Å². The summed E-state index contributed by atoms with van der Waals surface area (Å²) in [5.41, 5.74) is 0. The van der Waals surface area contributed by atoms with Gasteiger partial charge < -0.3 is 0 Å². The molecular weight excluding hydrogens is 416 g/mol. The number of fused-ring (bicyclic) bond motifs is 3.